The Kier molecular flexibility index (Phi) is 4.11. The Bertz CT molecular complexity index is 330. The second-order valence-electron chi connectivity index (χ2n) is 2.88. The van der Waals surface area contributed by atoms with E-state index in [0.717, 1.165) is 5.56 Å². The van der Waals surface area contributed by atoms with Crippen LogP contribution in [0.5, 0.6) is 0 Å². The lowest BCUT2D eigenvalue weighted by molar-refractivity contribution is 0.0273. The Hall–Kier alpha value is -1.37. The average Bonchev–Trinajstić information content (AvgIpc) is 2.26. The molecule has 0 spiro atoms. The summed E-state index contributed by atoms with van der Waals surface area (Å²) in [5.41, 5.74) is 1.51. The van der Waals surface area contributed by atoms with E-state index in [-0.39, 0.29) is 6.10 Å². The van der Waals surface area contributed by atoms with Gasteiger partial charge in [-0.15, -0.1) is 0 Å². The smallest absolute Gasteiger partial charge is 0.107 e. The van der Waals surface area contributed by atoms with Crippen LogP contribution in [0.2, 0.25) is 0 Å². The van der Waals surface area contributed by atoms with Gasteiger partial charge >= 0.3 is 0 Å². The zero-order valence-corrected chi connectivity index (χ0v) is 8.36. The lowest BCUT2D eigenvalue weighted by Crippen LogP contribution is -2.09. The van der Waals surface area contributed by atoms with Crippen molar-refractivity contribution in [1.29, 1.82) is 5.26 Å². The Balaban J connectivity index is 2.97. The third kappa shape index (κ3) is 2.32. The van der Waals surface area contributed by atoms with Crippen molar-refractivity contribution in [3.05, 3.63) is 35.4 Å². The van der Waals surface area contributed by atoms with Gasteiger partial charge in [0.05, 0.1) is 18.2 Å². The molecular formula is C11H13NO2. The molecule has 3 heteroatoms. The summed E-state index contributed by atoms with van der Waals surface area (Å²) in [6.07, 6.45) is -0.171. The summed E-state index contributed by atoms with van der Waals surface area (Å²) in [7, 11) is 3.22. The van der Waals surface area contributed by atoms with E-state index in [1.807, 2.05) is 18.2 Å². The minimum absolute atomic E-state index is 0.171. The second-order valence-corrected chi connectivity index (χ2v) is 2.88. The van der Waals surface area contributed by atoms with Gasteiger partial charge in [-0.25, -0.2) is 0 Å². The maximum Gasteiger partial charge on any atom is 0.107 e. The number of nitriles is 1. The third-order valence-corrected chi connectivity index (χ3v) is 2.03. The van der Waals surface area contributed by atoms with Crippen LogP contribution in [0.15, 0.2) is 24.3 Å². The van der Waals surface area contributed by atoms with Crippen LogP contribution in [0.25, 0.3) is 0 Å². The zero-order valence-electron chi connectivity index (χ0n) is 8.36. The van der Waals surface area contributed by atoms with Gasteiger partial charge in [0.15, 0.2) is 0 Å². The molecule has 14 heavy (non-hydrogen) atoms. The quantitative estimate of drug-likeness (QED) is 0.729. The molecule has 0 aliphatic rings. The number of hydrogen-bond acceptors (Lipinski definition) is 3. The fourth-order valence-electron chi connectivity index (χ4n) is 1.32. The van der Waals surface area contributed by atoms with Crippen LogP contribution < -0.4 is 0 Å². The van der Waals surface area contributed by atoms with Crippen LogP contribution >= 0.6 is 0 Å². The molecule has 3 nitrogen and oxygen atoms in total. The van der Waals surface area contributed by atoms with Crippen molar-refractivity contribution < 1.29 is 9.47 Å². The Morgan fingerprint density at radius 3 is 2.64 bits per heavy atom. The minimum atomic E-state index is -0.171. The summed E-state index contributed by atoms with van der Waals surface area (Å²) in [6.45, 7) is 0.454. The maximum atomic E-state index is 8.88. The molecular weight excluding hydrogens is 178 g/mol. The molecule has 1 aromatic carbocycles. The van der Waals surface area contributed by atoms with Crippen molar-refractivity contribution in [3.63, 3.8) is 0 Å². The highest BCUT2D eigenvalue weighted by atomic mass is 16.5. The molecule has 0 saturated heterocycles. The molecule has 1 aromatic rings. The first-order valence-corrected chi connectivity index (χ1v) is 4.34. The monoisotopic (exact) mass is 191 g/mol. The van der Waals surface area contributed by atoms with E-state index in [1.165, 1.54) is 0 Å². The van der Waals surface area contributed by atoms with Gasteiger partial charge in [-0.05, 0) is 6.07 Å². The van der Waals surface area contributed by atoms with E-state index in [1.54, 1.807) is 20.3 Å². The average molecular weight is 191 g/mol. The predicted octanol–water partition coefficient (Wildman–Crippen LogP) is 1.89. The first kappa shape index (κ1) is 10.7. The summed E-state index contributed by atoms with van der Waals surface area (Å²) in [5.74, 6) is 0. The highest BCUT2D eigenvalue weighted by Crippen LogP contribution is 2.20. The van der Waals surface area contributed by atoms with Crippen LogP contribution in [0.3, 0.4) is 0 Å². The first-order valence-electron chi connectivity index (χ1n) is 4.34. The van der Waals surface area contributed by atoms with E-state index in [0.29, 0.717) is 12.2 Å². The molecule has 0 fully saturated rings. The van der Waals surface area contributed by atoms with E-state index >= 15 is 0 Å². The maximum absolute atomic E-state index is 8.88. The number of nitrogens with zero attached hydrogens (tertiary/aromatic N) is 1. The lowest BCUT2D eigenvalue weighted by atomic mass is 10.0. The van der Waals surface area contributed by atoms with Crippen molar-refractivity contribution in [1.82, 2.24) is 0 Å². The SMILES string of the molecule is COCC(OC)c1ccccc1C#N. The van der Waals surface area contributed by atoms with E-state index in [4.69, 9.17) is 14.7 Å². The van der Waals surface area contributed by atoms with Gasteiger partial charge < -0.3 is 9.47 Å². The normalized spacial score (nSPS) is 12.1. The molecule has 0 aromatic heterocycles. The summed E-state index contributed by atoms with van der Waals surface area (Å²) in [5, 5.41) is 8.88. The van der Waals surface area contributed by atoms with Crippen LogP contribution in [-0.2, 0) is 9.47 Å². The molecule has 0 bridgehead atoms. The van der Waals surface area contributed by atoms with Crippen LogP contribution in [0, 0.1) is 11.3 Å². The summed E-state index contributed by atoms with van der Waals surface area (Å²) in [6, 6.07) is 9.51. The van der Waals surface area contributed by atoms with E-state index in [2.05, 4.69) is 6.07 Å². The molecule has 1 unspecified atom stereocenters. The van der Waals surface area contributed by atoms with Crippen LogP contribution in [0.1, 0.15) is 17.2 Å². The highest BCUT2D eigenvalue weighted by Gasteiger charge is 2.13. The van der Waals surface area contributed by atoms with Gasteiger partial charge in [-0.1, -0.05) is 18.2 Å². The molecule has 0 saturated carbocycles. The molecule has 0 aliphatic heterocycles. The summed E-state index contributed by atoms with van der Waals surface area (Å²) in [4.78, 5) is 0. The van der Waals surface area contributed by atoms with Crippen LogP contribution in [-0.4, -0.2) is 20.8 Å². The molecule has 0 amide bonds. The van der Waals surface area contributed by atoms with Gasteiger partial charge in [0, 0.05) is 19.8 Å². The van der Waals surface area contributed by atoms with Crippen LogP contribution in [0.4, 0.5) is 0 Å². The van der Waals surface area contributed by atoms with Crippen molar-refractivity contribution in [2.24, 2.45) is 0 Å². The zero-order chi connectivity index (χ0) is 10.4. The summed E-state index contributed by atoms with van der Waals surface area (Å²) < 4.78 is 10.3. The van der Waals surface area contributed by atoms with Gasteiger partial charge in [-0.2, -0.15) is 5.26 Å². The van der Waals surface area contributed by atoms with Crippen molar-refractivity contribution in [3.8, 4) is 6.07 Å². The second kappa shape index (κ2) is 5.38. The van der Waals surface area contributed by atoms with Crippen molar-refractivity contribution in [2.75, 3.05) is 20.8 Å². The van der Waals surface area contributed by atoms with Gasteiger partial charge in [0.1, 0.15) is 6.10 Å². The fourth-order valence-corrected chi connectivity index (χ4v) is 1.32. The Morgan fingerprint density at radius 1 is 1.36 bits per heavy atom. The molecule has 0 radical (unpaired) electrons. The molecule has 0 heterocycles. The first-order chi connectivity index (χ1) is 6.83. The van der Waals surface area contributed by atoms with Gasteiger partial charge in [0.25, 0.3) is 0 Å². The molecule has 0 N–H and O–H groups in total. The fraction of sp³-hybridized carbons (Fsp3) is 0.364. The number of hydrogen-bond donors (Lipinski definition) is 0. The Labute approximate surface area is 83.9 Å². The van der Waals surface area contributed by atoms with Crippen molar-refractivity contribution >= 4 is 0 Å². The summed E-state index contributed by atoms with van der Waals surface area (Å²) >= 11 is 0. The molecule has 74 valence electrons. The van der Waals surface area contributed by atoms with Crippen molar-refractivity contribution in [2.45, 2.75) is 6.10 Å². The highest BCUT2D eigenvalue weighted by molar-refractivity contribution is 5.38. The van der Waals surface area contributed by atoms with Gasteiger partial charge in [-0.3, -0.25) is 0 Å². The Morgan fingerprint density at radius 2 is 2.07 bits per heavy atom. The molecule has 1 rings (SSSR count). The number of ether oxygens (including phenoxy) is 2. The minimum Gasteiger partial charge on any atom is -0.382 e. The number of benzene rings is 1. The van der Waals surface area contributed by atoms with E-state index in [9.17, 15) is 0 Å². The molecule has 0 aliphatic carbocycles. The third-order valence-electron chi connectivity index (χ3n) is 2.03. The van der Waals surface area contributed by atoms with E-state index < -0.39 is 0 Å². The largest absolute Gasteiger partial charge is 0.382 e. The van der Waals surface area contributed by atoms with Gasteiger partial charge in [0.2, 0.25) is 0 Å². The number of rotatable bonds is 4. The predicted molar refractivity (Wildman–Crippen MR) is 52.8 cm³/mol. The lowest BCUT2D eigenvalue weighted by Gasteiger charge is -2.15. The molecule has 1 atom stereocenters. The standard InChI is InChI=1S/C11H13NO2/c1-13-8-11(14-2)10-6-4-3-5-9(10)7-12/h3-6,11H,8H2,1-2H3. The topological polar surface area (TPSA) is 42.2 Å². The number of methoxy groups -OCH3 is 2.